The predicted octanol–water partition coefficient (Wildman–Crippen LogP) is 5.14. The second kappa shape index (κ2) is 8.33. The van der Waals surface area contributed by atoms with Crippen molar-refractivity contribution >= 4 is 52.6 Å². The van der Waals surface area contributed by atoms with Crippen molar-refractivity contribution < 1.29 is 18.4 Å². The summed E-state index contributed by atoms with van der Waals surface area (Å²) in [7, 11) is 0. The number of urea groups is 1. The molecule has 0 bridgehead atoms. The number of fused-ring (bicyclic) bond motifs is 1. The summed E-state index contributed by atoms with van der Waals surface area (Å²) >= 11 is 13.7. The average Bonchev–Trinajstić information content (AvgIpc) is 2.69. The van der Waals surface area contributed by atoms with Crippen LogP contribution in [-0.2, 0) is 0 Å². The first-order chi connectivity index (χ1) is 14.7. The van der Waals surface area contributed by atoms with Crippen molar-refractivity contribution in [2.24, 2.45) is 5.73 Å². The summed E-state index contributed by atoms with van der Waals surface area (Å²) in [4.78, 5) is 28.3. The number of hydrogen-bond donors (Lipinski definition) is 3. The zero-order chi connectivity index (χ0) is 22.3. The van der Waals surface area contributed by atoms with Crippen LogP contribution in [-0.4, -0.2) is 16.9 Å². The van der Waals surface area contributed by atoms with E-state index >= 15 is 0 Å². The molecule has 11 heteroatoms. The fourth-order valence-electron chi connectivity index (χ4n) is 3.08. The zero-order valence-corrected chi connectivity index (χ0v) is 17.7. The summed E-state index contributed by atoms with van der Waals surface area (Å²) in [6.07, 6.45) is 0. The van der Waals surface area contributed by atoms with Crippen LogP contribution in [0.5, 0.6) is 0 Å². The van der Waals surface area contributed by atoms with Gasteiger partial charge in [0.1, 0.15) is 22.7 Å². The van der Waals surface area contributed by atoms with Crippen LogP contribution >= 0.6 is 35.0 Å². The smallest absolute Gasteiger partial charge is 0.320 e. The number of aromatic nitrogens is 1. The highest BCUT2D eigenvalue weighted by Crippen LogP contribution is 2.40. The van der Waals surface area contributed by atoms with Crippen molar-refractivity contribution in [2.45, 2.75) is 16.0 Å². The number of nitrogens with one attached hydrogen (secondary N) is 2. The lowest BCUT2D eigenvalue weighted by atomic mass is 9.98. The van der Waals surface area contributed by atoms with Gasteiger partial charge in [-0.2, -0.15) is 0 Å². The Morgan fingerprint density at radius 2 is 1.81 bits per heavy atom. The molecule has 4 rings (SSSR count). The number of nitrogens with two attached hydrogens (primary N) is 1. The summed E-state index contributed by atoms with van der Waals surface area (Å²) in [6.45, 7) is 0. The third-order valence-electron chi connectivity index (χ3n) is 4.46. The molecule has 1 aromatic heterocycles. The highest BCUT2D eigenvalue weighted by atomic mass is 35.5. The van der Waals surface area contributed by atoms with Crippen LogP contribution in [0.4, 0.5) is 19.3 Å². The first kappa shape index (κ1) is 21.4. The molecular weight excluding hydrogens is 469 g/mol. The molecule has 2 heterocycles. The van der Waals surface area contributed by atoms with Gasteiger partial charge in [-0.25, -0.2) is 18.6 Å². The van der Waals surface area contributed by atoms with Gasteiger partial charge in [-0.05, 0) is 36.4 Å². The lowest BCUT2D eigenvalue weighted by Gasteiger charge is -2.28. The monoisotopic (exact) mass is 480 g/mol. The van der Waals surface area contributed by atoms with Gasteiger partial charge in [-0.3, -0.25) is 4.79 Å². The molecule has 3 aromatic rings. The molecule has 158 valence electrons. The van der Waals surface area contributed by atoms with Gasteiger partial charge in [0, 0.05) is 32.1 Å². The van der Waals surface area contributed by atoms with Gasteiger partial charge in [-0.15, -0.1) is 0 Å². The van der Waals surface area contributed by atoms with Crippen LogP contribution < -0.4 is 16.4 Å². The molecule has 1 unspecified atom stereocenters. The van der Waals surface area contributed by atoms with E-state index in [0.717, 1.165) is 23.9 Å². The minimum atomic E-state index is -0.843. The van der Waals surface area contributed by atoms with Gasteiger partial charge in [0.15, 0.2) is 0 Å². The van der Waals surface area contributed by atoms with Gasteiger partial charge >= 0.3 is 6.03 Å². The maximum atomic E-state index is 14.0. The van der Waals surface area contributed by atoms with Gasteiger partial charge in [0.05, 0.1) is 11.4 Å². The molecule has 0 spiro atoms. The number of hydrogen-bond acceptors (Lipinski definition) is 4. The number of benzene rings is 2. The summed E-state index contributed by atoms with van der Waals surface area (Å²) in [5.74, 6) is -2.11. The van der Waals surface area contributed by atoms with Crippen molar-refractivity contribution in [2.75, 3.05) is 5.32 Å². The average molecular weight is 481 g/mol. The molecule has 2 aromatic carbocycles. The minimum absolute atomic E-state index is 0.114. The molecule has 0 aliphatic carbocycles. The second-order valence-electron chi connectivity index (χ2n) is 6.51. The molecule has 3 amide bonds. The molecule has 4 N–H and O–H groups in total. The van der Waals surface area contributed by atoms with Gasteiger partial charge in [0.25, 0.3) is 0 Å². The molecule has 0 radical (unpaired) electrons. The van der Waals surface area contributed by atoms with Gasteiger partial charge in [0.2, 0.25) is 5.91 Å². The highest BCUT2D eigenvalue weighted by molar-refractivity contribution is 7.99. The van der Waals surface area contributed by atoms with Crippen LogP contribution in [0.15, 0.2) is 52.4 Å². The Morgan fingerprint density at radius 1 is 1.10 bits per heavy atom. The molecule has 6 nitrogen and oxygen atoms in total. The van der Waals surface area contributed by atoms with Crippen molar-refractivity contribution in [1.29, 1.82) is 0 Å². The third kappa shape index (κ3) is 4.30. The van der Waals surface area contributed by atoms with Crippen LogP contribution in [0.3, 0.4) is 0 Å². The maximum absolute atomic E-state index is 14.0. The number of halogens is 4. The Bertz CT molecular complexity index is 1220. The van der Waals surface area contributed by atoms with Crippen LogP contribution in [0.1, 0.15) is 27.7 Å². The predicted molar refractivity (Wildman–Crippen MR) is 114 cm³/mol. The van der Waals surface area contributed by atoms with Gasteiger partial charge in [-0.1, -0.05) is 35.0 Å². The maximum Gasteiger partial charge on any atom is 0.320 e. The Balaban J connectivity index is 1.77. The topological polar surface area (TPSA) is 97.1 Å². The van der Waals surface area contributed by atoms with Crippen molar-refractivity contribution in [3.63, 3.8) is 0 Å². The fourth-order valence-corrected chi connectivity index (χ4v) is 4.58. The lowest BCUT2D eigenvalue weighted by molar-refractivity contribution is 0.1000. The van der Waals surface area contributed by atoms with Crippen LogP contribution in [0.25, 0.3) is 0 Å². The molecular formula is C20H12Cl2F2N4O2S. The first-order valence-electron chi connectivity index (χ1n) is 8.73. The van der Waals surface area contributed by atoms with E-state index in [-0.39, 0.29) is 20.5 Å². The fraction of sp³-hybridized carbons (Fsp3) is 0.0500. The summed E-state index contributed by atoms with van der Waals surface area (Å²) in [5, 5.41) is 5.96. The lowest BCUT2D eigenvalue weighted by Crippen LogP contribution is -2.39. The van der Waals surface area contributed by atoms with Gasteiger partial charge < -0.3 is 16.4 Å². The zero-order valence-electron chi connectivity index (χ0n) is 15.4. The van der Waals surface area contributed by atoms with E-state index in [1.165, 1.54) is 18.2 Å². The van der Waals surface area contributed by atoms with E-state index in [0.29, 0.717) is 22.0 Å². The van der Waals surface area contributed by atoms with E-state index in [2.05, 4.69) is 15.6 Å². The minimum Gasteiger partial charge on any atom is -0.366 e. The molecule has 0 saturated heterocycles. The van der Waals surface area contributed by atoms with E-state index in [4.69, 9.17) is 28.9 Å². The van der Waals surface area contributed by atoms with Crippen molar-refractivity contribution in [1.82, 2.24) is 10.3 Å². The number of nitrogens with zero attached hydrogens (tertiary/aromatic N) is 1. The number of rotatable bonds is 4. The van der Waals surface area contributed by atoms with E-state index < -0.39 is 29.6 Å². The first-order valence-corrected chi connectivity index (χ1v) is 10.3. The normalized spacial score (nSPS) is 15.1. The molecule has 0 saturated carbocycles. The standard InChI is InChI=1S/C20H12Cl2F2N4O2S/c21-10-5-8(19(25)29)6-11(22)16(10)18-17-13(26-20(30)28-18)2-4-15(27-17)31-14-3-1-9(23)7-12(14)24/h1-7,18H,(H2,25,29)(H2,26,28,30). The van der Waals surface area contributed by atoms with E-state index in [9.17, 15) is 18.4 Å². The molecule has 1 atom stereocenters. The Morgan fingerprint density at radius 3 is 2.45 bits per heavy atom. The Labute approximate surface area is 189 Å². The van der Waals surface area contributed by atoms with E-state index in [1.807, 2.05) is 0 Å². The Hall–Kier alpha value is -2.88. The summed E-state index contributed by atoms with van der Waals surface area (Å²) in [6, 6.07) is 7.80. The number of pyridine rings is 1. The van der Waals surface area contributed by atoms with E-state index in [1.54, 1.807) is 12.1 Å². The molecule has 31 heavy (non-hydrogen) atoms. The third-order valence-corrected chi connectivity index (χ3v) is 6.07. The summed E-state index contributed by atoms with van der Waals surface area (Å²) < 4.78 is 27.2. The SMILES string of the molecule is NC(=O)c1cc(Cl)c(C2NC(=O)Nc3ccc(Sc4ccc(F)cc4F)nc32)c(Cl)c1. The summed E-state index contributed by atoms with van der Waals surface area (Å²) in [5.41, 5.74) is 6.51. The largest absolute Gasteiger partial charge is 0.366 e. The van der Waals surface area contributed by atoms with Crippen molar-refractivity contribution in [3.05, 3.63) is 81.0 Å². The number of carbonyl (C=O) groups excluding carboxylic acids is 2. The Kier molecular flexibility index (Phi) is 5.74. The van der Waals surface area contributed by atoms with Crippen LogP contribution in [0, 0.1) is 11.6 Å². The second-order valence-corrected chi connectivity index (χ2v) is 8.39. The highest BCUT2D eigenvalue weighted by Gasteiger charge is 2.31. The van der Waals surface area contributed by atoms with Crippen molar-refractivity contribution in [3.8, 4) is 0 Å². The molecule has 0 fully saturated rings. The number of primary amides is 1. The number of carbonyl (C=O) groups is 2. The van der Waals surface area contributed by atoms with Crippen LogP contribution in [0.2, 0.25) is 10.0 Å². The number of amides is 3. The quantitative estimate of drug-likeness (QED) is 0.481. The molecule has 1 aliphatic rings. The molecule has 1 aliphatic heterocycles. The number of anilines is 1.